The van der Waals surface area contributed by atoms with Crippen LogP contribution in [0.5, 0.6) is 5.75 Å². The zero-order chi connectivity index (χ0) is 27.2. The highest BCUT2D eigenvalue weighted by atomic mass is 35.5. The lowest BCUT2D eigenvalue weighted by atomic mass is 9.87. The number of aromatic nitrogens is 1. The van der Waals surface area contributed by atoms with E-state index in [0.717, 1.165) is 36.5 Å². The van der Waals surface area contributed by atoms with Gasteiger partial charge in [0.15, 0.2) is 0 Å². The first-order chi connectivity index (χ1) is 18.0. The Labute approximate surface area is 231 Å². The molecule has 2 unspecified atom stereocenters. The number of H-pyrrole nitrogens is 1. The highest BCUT2D eigenvalue weighted by Gasteiger charge is 2.48. The van der Waals surface area contributed by atoms with Gasteiger partial charge in [-0.25, -0.2) is 4.39 Å². The predicted molar refractivity (Wildman–Crippen MR) is 147 cm³/mol. The fourth-order valence-electron chi connectivity index (χ4n) is 5.73. The van der Waals surface area contributed by atoms with Crippen molar-refractivity contribution in [3.63, 3.8) is 0 Å². The number of carbonyl (C=O) groups is 1. The van der Waals surface area contributed by atoms with Crippen molar-refractivity contribution in [3.8, 4) is 5.75 Å². The van der Waals surface area contributed by atoms with Gasteiger partial charge >= 0.3 is 0 Å². The summed E-state index contributed by atoms with van der Waals surface area (Å²) in [6.07, 6.45) is 4.50. The van der Waals surface area contributed by atoms with Crippen LogP contribution in [0.3, 0.4) is 0 Å². The maximum Gasteiger partial charge on any atom is 0.254 e. The SMILES string of the molecule is CSc1cc(C)[nH]c(=O)c1CNC(=O)c1cc(Cl)cc2c1C(C)OC(C)(C1CCN(CC3(F)CC3)CC1)O2. The number of alkyl halides is 1. The number of pyridine rings is 1. The Balaban J connectivity index is 1.32. The molecule has 206 valence electrons. The first-order valence-electron chi connectivity index (χ1n) is 13.2. The van der Waals surface area contributed by atoms with Crippen molar-refractivity contribution < 1.29 is 18.7 Å². The summed E-state index contributed by atoms with van der Waals surface area (Å²) in [5.74, 6) is -0.581. The number of fused-ring (bicyclic) bond motifs is 1. The molecule has 2 aromatic rings. The highest BCUT2D eigenvalue weighted by Crippen LogP contribution is 2.47. The summed E-state index contributed by atoms with van der Waals surface area (Å²) >= 11 is 7.91. The number of likely N-dealkylation sites (tertiary alicyclic amines) is 1. The zero-order valence-corrected chi connectivity index (χ0v) is 23.9. The molecule has 0 spiro atoms. The molecule has 3 aliphatic rings. The Morgan fingerprint density at radius 1 is 1.29 bits per heavy atom. The number of ether oxygens (including phenoxy) is 2. The van der Waals surface area contributed by atoms with Crippen LogP contribution in [0.15, 0.2) is 27.9 Å². The van der Waals surface area contributed by atoms with Gasteiger partial charge < -0.3 is 24.7 Å². The summed E-state index contributed by atoms with van der Waals surface area (Å²) in [5.41, 5.74) is 1.07. The van der Waals surface area contributed by atoms with Crippen molar-refractivity contribution in [2.45, 2.75) is 75.5 Å². The van der Waals surface area contributed by atoms with Gasteiger partial charge in [0.25, 0.3) is 11.5 Å². The number of hydrogen-bond donors (Lipinski definition) is 2. The number of aryl methyl sites for hydroxylation is 1. The fourth-order valence-corrected chi connectivity index (χ4v) is 6.64. The lowest BCUT2D eigenvalue weighted by molar-refractivity contribution is -0.250. The van der Waals surface area contributed by atoms with Crippen LogP contribution in [0.2, 0.25) is 5.02 Å². The lowest BCUT2D eigenvalue weighted by Crippen LogP contribution is -2.51. The summed E-state index contributed by atoms with van der Waals surface area (Å²) in [6.45, 7) is 7.89. The van der Waals surface area contributed by atoms with Gasteiger partial charge in [0.1, 0.15) is 11.4 Å². The van der Waals surface area contributed by atoms with E-state index in [1.807, 2.05) is 33.1 Å². The summed E-state index contributed by atoms with van der Waals surface area (Å²) in [5, 5.41) is 3.27. The Hall–Kier alpha value is -2.07. The minimum absolute atomic E-state index is 0.0818. The normalized spacial score (nSPS) is 24.9. The largest absolute Gasteiger partial charge is 0.462 e. The number of nitrogens with zero attached hydrogens (tertiary/aromatic N) is 1. The number of rotatable bonds is 7. The quantitative estimate of drug-likeness (QED) is 0.440. The molecule has 0 bridgehead atoms. The molecule has 1 saturated heterocycles. The average Bonchev–Trinajstić information content (AvgIpc) is 3.58. The monoisotopic (exact) mass is 563 g/mol. The number of piperidine rings is 1. The molecule has 1 aromatic heterocycles. The number of halogens is 2. The topological polar surface area (TPSA) is 83.7 Å². The van der Waals surface area contributed by atoms with Gasteiger partial charge in [-0.1, -0.05) is 11.6 Å². The minimum atomic E-state index is -0.986. The maximum absolute atomic E-state index is 14.2. The second-order valence-corrected chi connectivity index (χ2v) is 12.2. The van der Waals surface area contributed by atoms with E-state index in [0.29, 0.717) is 46.8 Å². The smallest absolute Gasteiger partial charge is 0.254 e. The second kappa shape index (κ2) is 10.5. The van der Waals surface area contributed by atoms with Crippen LogP contribution in [0, 0.1) is 12.8 Å². The van der Waals surface area contributed by atoms with E-state index in [4.69, 9.17) is 21.1 Å². The van der Waals surface area contributed by atoms with Gasteiger partial charge in [-0.2, -0.15) is 0 Å². The Morgan fingerprint density at radius 2 is 2.00 bits per heavy atom. The molecule has 2 aliphatic heterocycles. The molecule has 10 heteroatoms. The summed E-state index contributed by atoms with van der Waals surface area (Å²) in [4.78, 5) is 31.7. The standard InChI is InChI=1S/C28H35ClFN3O4S/c1-16-11-23(38-4)21(26(35)32-16)14-31-25(34)20-12-19(29)13-22-24(20)17(2)36-27(3,37-22)18-5-9-33(10-6-18)15-28(30)7-8-28/h11-13,17-18H,5-10,14-15H2,1-4H3,(H,31,34)(H,32,35). The van der Waals surface area contributed by atoms with Crippen LogP contribution in [0.25, 0.3) is 0 Å². The molecule has 1 saturated carbocycles. The Morgan fingerprint density at radius 3 is 2.66 bits per heavy atom. The molecular weight excluding hydrogens is 529 g/mol. The van der Waals surface area contributed by atoms with Gasteiger partial charge in [-0.3, -0.25) is 9.59 Å². The Kier molecular flexibility index (Phi) is 7.59. The van der Waals surface area contributed by atoms with Crippen LogP contribution in [0.4, 0.5) is 4.39 Å². The first-order valence-corrected chi connectivity index (χ1v) is 14.8. The van der Waals surface area contributed by atoms with Crippen molar-refractivity contribution in [3.05, 3.63) is 56.0 Å². The van der Waals surface area contributed by atoms with Gasteiger partial charge in [0.05, 0.1) is 11.7 Å². The second-order valence-electron chi connectivity index (χ2n) is 11.0. The van der Waals surface area contributed by atoms with Crippen LogP contribution >= 0.6 is 23.4 Å². The molecule has 5 rings (SSSR count). The molecule has 0 radical (unpaired) electrons. The number of aromatic amines is 1. The number of thioether (sulfide) groups is 1. The van der Waals surface area contributed by atoms with E-state index in [1.165, 1.54) is 11.8 Å². The highest BCUT2D eigenvalue weighted by molar-refractivity contribution is 7.98. The lowest BCUT2D eigenvalue weighted by Gasteiger charge is -2.46. The molecule has 2 N–H and O–H groups in total. The van der Waals surface area contributed by atoms with E-state index in [1.54, 1.807) is 12.1 Å². The number of hydrogen-bond acceptors (Lipinski definition) is 6. The van der Waals surface area contributed by atoms with E-state index < -0.39 is 17.6 Å². The van der Waals surface area contributed by atoms with E-state index in [2.05, 4.69) is 15.2 Å². The molecule has 7 nitrogen and oxygen atoms in total. The van der Waals surface area contributed by atoms with Crippen LogP contribution in [-0.4, -0.2) is 53.1 Å². The molecule has 2 fully saturated rings. The molecular formula is C28H35ClFN3O4S. The first kappa shape index (κ1) is 27.5. The summed E-state index contributed by atoms with van der Waals surface area (Å²) in [6, 6.07) is 5.24. The molecule has 1 aliphatic carbocycles. The third kappa shape index (κ3) is 5.62. The molecule has 2 atom stereocenters. The number of nitrogens with one attached hydrogen (secondary N) is 2. The molecule has 3 heterocycles. The molecule has 1 aromatic carbocycles. The minimum Gasteiger partial charge on any atom is -0.462 e. The fraction of sp³-hybridized carbons (Fsp3) is 0.571. The number of benzene rings is 1. The van der Waals surface area contributed by atoms with Crippen molar-refractivity contribution >= 4 is 29.3 Å². The summed E-state index contributed by atoms with van der Waals surface area (Å²) in [7, 11) is 0. The Bertz CT molecular complexity index is 1290. The van der Waals surface area contributed by atoms with Crippen molar-refractivity contribution in [2.75, 3.05) is 25.9 Å². The third-order valence-corrected chi connectivity index (χ3v) is 9.01. The summed E-state index contributed by atoms with van der Waals surface area (Å²) < 4.78 is 27.1. The average molecular weight is 564 g/mol. The van der Waals surface area contributed by atoms with Gasteiger partial charge in [0.2, 0.25) is 5.79 Å². The zero-order valence-electron chi connectivity index (χ0n) is 22.3. The van der Waals surface area contributed by atoms with Crippen LogP contribution in [-0.2, 0) is 11.3 Å². The van der Waals surface area contributed by atoms with Gasteiger partial charge in [-0.15, -0.1) is 11.8 Å². The van der Waals surface area contributed by atoms with E-state index >= 15 is 0 Å². The van der Waals surface area contributed by atoms with Crippen LogP contribution < -0.4 is 15.6 Å². The molecule has 1 amide bonds. The predicted octanol–water partition coefficient (Wildman–Crippen LogP) is 5.39. The number of carbonyl (C=O) groups excluding carboxylic acids is 1. The van der Waals surface area contributed by atoms with Gasteiger partial charge in [-0.05, 0) is 77.1 Å². The van der Waals surface area contributed by atoms with Crippen molar-refractivity contribution in [2.24, 2.45) is 5.92 Å². The number of amides is 1. The van der Waals surface area contributed by atoms with Crippen molar-refractivity contribution in [1.29, 1.82) is 0 Å². The maximum atomic E-state index is 14.2. The third-order valence-electron chi connectivity index (χ3n) is 7.99. The van der Waals surface area contributed by atoms with Gasteiger partial charge in [0, 0.05) is 52.7 Å². The van der Waals surface area contributed by atoms with E-state index in [-0.39, 0.29) is 23.9 Å². The molecule has 38 heavy (non-hydrogen) atoms. The van der Waals surface area contributed by atoms with Crippen LogP contribution in [0.1, 0.15) is 72.8 Å². The van der Waals surface area contributed by atoms with Crippen molar-refractivity contribution in [1.82, 2.24) is 15.2 Å². The van der Waals surface area contributed by atoms with E-state index in [9.17, 15) is 14.0 Å².